The number of carbonyl (C=O) groups is 1. The maximum Gasteiger partial charge on any atom is 0.321 e. The largest absolute Gasteiger partial charge is 0.493 e. The molecule has 0 spiro atoms. The first kappa shape index (κ1) is 16.1. The fourth-order valence-electron chi connectivity index (χ4n) is 1.76. The second-order valence-corrected chi connectivity index (χ2v) is 4.37. The van der Waals surface area contributed by atoms with Crippen molar-refractivity contribution in [1.29, 1.82) is 0 Å². The van der Waals surface area contributed by atoms with Gasteiger partial charge in [0, 0.05) is 17.8 Å². The summed E-state index contributed by atoms with van der Waals surface area (Å²) in [7, 11) is 1.52. The summed E-state index contributed by atoms with van der Waals surface area (Å²) >= 11 is 0. The Labute approximate surface area is 132 Å². The molecular weight excluding hydrogens is 302 g/mol. The van der Waals surface area contributed by atoms with Crippen LogP contribution in [0.25, 0.3) is 0 Å². The summed E-state index contributed by atoms with van der Waals surface area (Å²) in [5.74, 6) is 1.07. The number of methoxy groups -OCH3 is 1. The summed E-state index contributed by atoms with van der Waals surface area (Å²) in [5, 5.41) is 15.6. The highest BCUT2D eigenvalue weighted by Gasteiger charge is 2.07. The van der Waals surface area contributed by atoms with Crippen LogP contribution in [0.15, 0.2) is 48.5 Å². The van der Waals surface area contributed by atoms with Crippen LogP contribution < -0.4 is 20.1 Å². The van der Waals surface area contributed by atoms with Crippen molar-refractivity contribution in [3.63, 3.8) is 0 Å². The Balaban J connectivity index is 1.82. The summed E-state index contributed by atoms with van der Waals surface area (Å²) in [4.78, 5) is 21.7. The van der Waals surface area contributed by atoms with Crippen molar-refractivity contribution in [3.8, 4) is 11.5 Å². The number of nitro groups is 1. The monoisotopic (exact) mass is 317 g/mol. The van der Waals surface area contributed by atoms with Crippen LogP contribution in [-0.2, 0) is 0 Å². The van der Waals surface area contributed by atoms with Crippen LogP contribution in [-0.4, -0.2) is 24.8 Å². The molecule has 0 unspecified atom stereocenters. The Kier molecular flexibility index (Phi) is 5.35. The fourth-order valence-corrected chi connectivity index (χ4v) is 1.76. The standard InChI is InChI=1S/C15H15N3O5/c1-22-13-4-2-3-5-14(13)23-10-16-15(19)17-11-6-8-12(9-7-11)18(20)21/h2-9H,10H2,1H3,(H2,16,17,19). The quantitative estimate of drug-likeness (QED) is 0.484. The van der Waals surface area contributed by atoms with Gasteiger partial charge in [0.1, 0.15) is 0 Å². The van der Waals surface area contributed by atoms with E-state index < -0.39 is 11.0 Å². The maximum atomic E-state index is 11.7. The third-order valence-corrected chi connectivity index (χ3v) is 2.87. The van der Waals surface area contributed by atoms with Gasteiger partial charge in [0.15, 0.2) is 18.2 Å². The minimum Gasteiger partial charge on any atom is -0.493 e. The van der Waals surface area contributed by atoms with E-state index in [0.29, 0.717) is 17.2 Å². The molecule has 0 radical (unpaired) electrons. The van der Waals surface area contributed by atoms with Crippen LogP contribution >= 0.6 is 0 Å². The molecule has 2 amide bonds. The highest BCUT2D eigenvalue weighted by Crippen LogP contribution is 2.25. The molecular formula is C15H15N3O5. The van der Waals surface area contributed by atoms with E-state index in [1.165, 1.54) is 31.4 Å². The Bertz CT molecular complexity index is 688. The zero-order valence-electron chi connectivity index (χ0n) is 12.3. The van der Waals surface area contributed by atoms with Gasteiger partial charge in [0.25, 0.3) is 5.69 Å². The van der Waals surface area contributed by atoms with Crippen LogP contribution in [0.4, 0.5) is 16.2 Å². The lowest BCUT2D eigenvalue weighted by Crippen LogP contribution is -2.32. The summed E-state index contributed by atoms with van der Waals surface area (Å²) in [5.41, 5.74) is 0.390. The summed E-state index contributed by atoms with van der Waals surface area (Å²) < 4.78 is 10.5. The van der Waals surface area contributed by atoms with E-state index in [1.807, 2.05) is 0 Å². The number of carbonyl (C=O) groups excluding carboxylic acids is 1. The highest BCUT2D eigenvalue weighted by molar-refractivity contribution is 5.89. The van der Waals surface area contributed by atoms with Gasteiger partial charge < -0.3 is 20.1 Å². The predicted octanol–water partition coefficient (Wildman–Crippen LogP) is 2.76. The van der Waals surface area contributed by atoms with Crippen LogP contribution in [0, 0.1) is 10.1 Å². The molecule has 0 atom stereocenters. The number of nitrogens with zero attached hydrogens (tertiary/aromatic N) is 1. The number of amides is 2. The van der Waals surface area contributed by atoms with Gasteiger partial charge in [-0.3, -0.25) is 10.1 Å². The molecule has 120 valence electrons. The molecule has 0 aliphatic carbocycles. The van der Waals surface area contributed by atoms with Gasteiger partial charge in [-0.2, -0.15) is 0 Å². The minimum atomic E-state index is -0.509. The molecule has 0 saturated carbocycles. The second kappa shape index (κ2) is 7.64. The Morgan fingerprint density at radius 1 is 1.13 bits per heavy atom. The number of ether oxygens (including phenoxy) is 2. The first-order chi connectivity index (χ1) is 11.1. The van der Waals surface area contributed by atoms with Crippen molar-refractivity contribution in [2.45, 2.75) is 0 Å². The molecule has 23 heavy (non-hydrogen) atoms. The molecule has 0 aromatic heterocycles. The van der Waals surface area contributed by atoms with E-state index >= 15 is 0 Å². The number of hydrogen-bond donors (Lipinski definition) is 2. The average Bonchev–Trinajstić information content (AvgIpc) is 2.55. The number of para-hydroxylation sites is 2. The SMILES string of the molecule is COc1ccccc1OCNC(=O)Nc1ccc([N+](=O)[O-])cc1. The van der Waals surface area contributed by atoms with Crippen LogP contribution in [0.3, 0.4) is 0 Å². The van der Waals surface area contributed by atoms with Crippen LogP contribution in [0.5, 0.6) is 11.5 Å². The van der Waals surface area contributed by atoms with E-state index in [1.54, 1.807) is 24.3 Å². The first-order valence-corrected chi connectivity index (χ1v) is 6.65. The van der Waals surface area contributed by atoms with Gasteiger partial charge in [-0.25, -0.2) is 4.79 Å². The maximum absolute atomic E-state index is 11.7. The molecule has 0 aliphatic heterocycles. The van der Waals surface area contributed by atoms with Crippen molar-refractivity contribution in [2.75, 3.05) is 19.2 Å². The molecule has 0 saturated heterocycles. The van der Waals surface area contributed by atoms with Crippen molar-refractivity contribution in [1.82, 2.24) is 5.32 Å². The average molecular weight is 317 g/mol. The predicted molar refractivity (Wildman–Crippen MR) is 83.7 cm³/mol. The third-order valence-electron chi connectivity index (χ3n) is 2.87. The Hall–Kier alpha value is -3.29. The first-order valence-electron chi connectivity index (χ1n) is 6.65. The molecule has 2 aromatic carbocycles. The van der Waals surface area contributed by atoms with Crippen molar-refractivity contribution in [2.24, 2.45) is 0 Å². The number of hydrogen-bond acceptors (Lipinski definition) is 5. The lowest BCUT2D eigenvalue weighted by Gasteiger charge is -2.11. The smallest absolute Gasteiger partial charge is 0.321 e. The van der Waals surface area contributed by atoms with Crippen molar-refractivity contribution >= 4 is 17.4 Å². The number of nitrogens with one attached hydrogen (secondary N) is 2. The minimum absolute atomic E-state index is 0.0459. The molecule has 2 rings (SSSR count). The van der Waals surface area contributed by atoms with Crippen LogP contribution in [0.1, 0.15) is 0 Å². The molecule has 0 heterocycles. The number of non-ortho nitro benzene ring substituents is 1. The van der Waals surface area contributed by atoms with Gasteiger partial charge in [-0.15, -0.1) is 0 Å². The topological polar surface area (TPSA) is 103 Å². The molecule has 0 fully saturated rings. The normalized spacial score (nSPS) is 9.78. The number of rotatable bonds is 6. The lowest BCUT2D eigenvalue weighted by atomic mass is 10.3. The van der Waals surface area contributed by atoms with E-state index in [2.05, 4.69) is 10.6 Å². The summed E-state index contributed by atoms with van der Waals surface area (Å²) in [6.07, 6.45) is 0. The number of anilines is 1. The molecule has 8 nitrogen and oxygen atoms in total. The zero-order chi connectivity index (χ0) is 16.7. The molecule has 2 N–H and O–H groups in total. The lowest BCUT2D eigenvalue weighted by molar-refractivity contribution is -0.384. The van der Waals surface area contributed by atoms with Gasteiger partial charge in [0.2, 0.25) is 0 Å². The second-order valence-electron chi connectivity index (χ2n) is 4.37. The Morgan fingerprint density at radius 2 is 1.78 bits per heavy atom. The fraction of sp³-hybridized carbons (Fsp3) is 0.133. The van der Waals surface area contributed by atoms with E-state index in [4.69, 9.17) is 9.47 Å². The highest BCUT2D eigenvalue weighted by atomic mass is 16.6. The van der Waals surface area contributed by atoms with Crippen LogP contribution in [0.2, 0.25) is 0 Å². The van der Waals surface area contributed by atoms with Gasteiger partial charge in [-0.05, 0) is 24.3 Å². The molecule has 8 heteroatoms. The summed E-state index contributed by atoms with van der Waals surface area (Å²) in [6.45, 7) is -0.0564. The third kappa shape index (κ3) is 4.60. The molecule has 0 aliphatic rings. The number of benzene rings is 2. The number of urea groups is 1. The van der Waals surface area contributed by atoms with E-state index in [-0.39, 0.29) is 12.4 Å². The van der Waals surface area contributed by atoms with Crippen molar-refractivity contribution < 1.29 is 19.2 Å². The van der Waals surface area contributed by atoms with E-state index in [0.717, 1.165) is 0 Å². The van der Waals surface area contributed by atoms with Crippen molar-refractivity contribution in [3.05, 3.63) is 58.6 Å². The van der Waals surface area contributed by atoms with Gasteiger partial charge in [-0.1, -0.05) is 12.1 Å². The number of nitro benzene ring substituents is 1. The molecule has 0 bridgehead atoms. The zero-order valence-corrected chi connectivity index (χ0v) is 12.3. The Morgan fingerprint density at radius 3 is 2.39 bits per heavy atom. The van der Waals surface area contributed by atoms with Gasteiger partial charge in [0.05, 0.1) is 12.0 Å². The van der Waals surface area contributed by atoms with Gasteiger partial charge >= 0.3 is 6.03 Å². The summed E-state index contributed by atoms with van der Waals surface area (Å²) in [6, 6.07) is 12.1. The van der Waals surface area contributed by atoms with E-state index in [9.17, 15) is 14.9 Å². The molecule has 2 aromatic rings.